The van der Waals surface area contributed by atoms with E-state index in [4.69, 9.17) is 0 Å². The van der Waals surface area contributed by atoms with Crippen LogP contribution in [0.4, 0.5) is 0 Å². The van der Waals surface area contributed by atoms with Crippen molar-refractivity contribution in [3.63, 3.8) is 0 Å². The normalized spacial score (nSPS) is 12.9. The van der Waals surface area contributed by atoms with Gasteiger partial charge < -0.3 is 5.11 Å². The number of nitrogens with zero attached hydrogens (tertiary/aromatic N) is 1. The van der Waals surface area contributed by atoms with Crippen molar-refractivity contribution in [1.82, 2.24) is 4.98 Å². The molecule has 0 radical (unpaired) electrons. The number of rotatable bonds is 3. The summed E-state index contributed by atoms with van der Waals surface area (Å²) < 4.78 is 0. The van der Waals surface area contributed by atoms with Crippen LogP contribution in [0, 0.1) is 0 Å². The molecule has 0 aliphatic heterocycles. The SMILES string of the molecule is CCCC(O)c1nccc2ccccc12. The van der Waals surface area contributed by atoms with E-state index < -0.39 is 6.10 Å². The minimum Gasteiger partial charge on any atom is -0.387 e. The zero-order chi connectivity index (χ0) is 10.7. The standard InChI is InChI=1S/C13H15NO/c1-2-5-12(15)13-11-7-4-3-6-10(11)8-9-14-13/h3-4,6-9,12,15H,2,5H2,1H3. The molecule has 15 heavy (non-hydrogen) atoms. The molecule has 1 aromatic carbocycles. The second-order valence-electron chi connectivity index (χ2n) is 3.72. The molecule has 78 valence electrons. The van der Waals surface area contributed by atoms with Crippen LogP contribution in [-0.4, -0.2) is 10.1 Å². The van der Waals surface area contributed by atoms with Crippen LogP contribution in [0.15, 0.2) is 36.5 Å². The average Bonchev–Trinajstić information content (AvgIpc) is 2.28. The summed E-state index contributed by atoms with van der Waals surface area (Å²) in [4.78, 5) is 4.28. The van der Waals surface area contributed by atoms with Crippen LogP contribution in [0.25, 0.3) is 10.8 Å². The van der Waals surface area contributed by atoms with Gasteiger partial charge in [0.15, 0.2) is 0 Å². The van der Waals surface area contributed by atoms with Crippen LogP contribution >= 0.6 is 0 Å². The van der Waals surface area contributed by atoms with Gasteiger partial charge in [0.25, 0.3) is 0 Å². The predicted octanol–water partition coefficient (Wildman–Crippen LogP) is 3.07. The zero-order valence-corrected chi connectivity index (χ0v) is 8.85. The van der Waals surface area contributed by atoms with Crippen molar-refractivity contribution >= 4 is 10.8 Å². The van der Waals surface area contributed by atoms with Crippen LogP contribution < -0.4 is 0 Å². The van der Waals surface area contributed by atoms with Crippen molar-refractivity contribution in [3.8, 4) is 0 Å². The molecule has 1 atom stereocenters. The summed E-state index contributed by atoms with van der Waals surface area (Å²) in [5.74, 6) is 0. The van der Waals surface area contributed by atoms with Gasteiger partial charge in [0.1, 0.15) is 0 Å². The first-order valence-electron chi connectivity index (χ1n) is 5.34. The Morgan fingerprint density at radius 2 is 2.07 bits per heavy atom. The third-order valence-corrected chi connectivity index (χ3v) is 2.58. The van der Waals surface area contributed by atoms with E-state index in [-0.39, 0.29) is 0 Å². The summed E-state index contributed by atoms with van der Waals surface area (Å²) in [7, 11) is 0. The van der Waals surface area contributed by atoms with E-state index in [1.54, 1.807) is 6.20 Å². The Hall–Kier alpha value is -1.41. The minimum absolute atomic E-state index is 0.443. The lowest BCUT2D eigenvalue weighted by molar-refractivity contribution is 0.163. The van der Waals surface area contributed by atoms with Crippen molar-refractivity contribution in [3.05, 3.63) is 42.2 Å². The molecule has 1 heterocycles. The first-order chi connectivity index (χ1) is 7.33. The van der Waals surface area contributed by atoms with E-state index in [0.717, 1.165) is 29.3 Å². The summed E-state index contributed by atoms with van der Waals surface area (Å²) >= 11 is 0. The van der Waals surface area contributed by atoms with Crippen LogP contribution in [0.2, 0.25) is 0 Å². The van der Waals surface area contributed by atoms with E-state index in [9.17, 15) is 5.11 Å². The lowest BCUT2D eigenvalue weighted by Gasteiger charge is -2.11. The Kier molecular flexibility index (Phi) is 2.97. The second-order valence-corrected chi connectivity index (χ2v) is 3.72. The fraction of sp³-hybridized carbons (Fsp3) is 0.308. The van der Waals surface area contributed by atoms with Gasteiger partial charge in [-0.25, -0.2) is 0 Å². The summed E-state index contributed by atoms with van der Waals surface area (Å²) in [6.45, 7) is 2.06. The lowest BCUT2D eigenvalue weighted by Crippen LogP contribution is -2.00. The fourth-order valence-electron chi connectivity index (χ4n) is 1.82. The molecule has 0 saturated carbocycles. The van der Waals surface area contributed by atoms with E-state index in [2.05, 4.69) is 11.9 Å². The van der Waals surface area contributed by atoms with Gasteiger partial charge in [-0.3, -0.25) is 4.98 Å². The first kappa shape index (κ1) is 10.1. The van der Waals surface area contributed by atoms with E-state index >= 15 is 0 Å². The van der Waals surface area contributed by atoms with Gasteiger partial charge in [0, 0.05) is 11.6 Å². The molecule has 2 rings (SSSR count). The highest BCUT2D eigenvalue weighted by molar-refractivity contribution is 5.84. The zero-order valence-electron chi connectivity index (χ0n) is 8.85. The van der Waals surface area contributed by atoms with Crippen LogP contribution in [0.1, 0.15) is 31.6 Å². The van der Waals surface area contributed by atoms with E-state index in [1.807, 2.05) is 30.3 Å². The van der Waals surface area contributed by atoms with Gasteiger partial charge in [-0.1, -0.05) is 37.6 Å². The molecular formula is C13H15NO. The molecule has 0 aliphatic rings. The van der Waals surface area contributed by atoms with E-state index in [0.29, 0.717) is 0 Å². The molecule has 0 saturated heterocycles. The monoisotopic (exact) mass is 201 g/mol. The maximum atomic E-state index is 9.96. The highest BCUT2D eigenvalue weighted by Crippen LogP contribution is 2.24. The number of hydrogen-bond acceptors (Lipinski definition) is 2. The smallest absolute Gasteiger partial charge is 0.0966 e. The molecule has 1 aromatic heterocycles. The summed E-state index contributed by atoms with van der Waals surface area (Å²) in [6, 6.07) is 10.00. The molecule has 2 heteroatoms. The van der Waals surface area contributed by atoms with Gasteiger partial charge in [-0.15, -0.1) is 0 Å². The Bertz CT molecular complexity index is 448. The van der Waals surface area contributed by atoms with Crippen LogP contribution in [0.5, 0.6) is 0 Å². The Morgan fingerprint density at radius 1 is 1.27 bits per heavy atom. The molecule has 2 nitrogen and oxygen atoms in total. The Labute approximate surface area is 89.6 Å². The molecule has 0 aliphatic carbocycles. The third kappa shape index (κ3) is 2.00. The number of fused-ring (bicyclic) bond motifs is 1. The molecule has 1 N–H and O–H groups in total. The third-order valence-electron chi connectivity index (χ3n) is 2.58. The quantitative estimate of drug-likeness (QED) is 0.827. The van der Waals surface area contributed by atoms with Crippen molar-refractivity contribution in [1.29, 1.82) is 0 Å². The summed E-state index contributed by atoms with van der Waals surface area (Å²) in [5.41, 5.74) is 0.801. The van der Waals surface area contributed by atoms with Crippen LogP contribution in [-0.2, 0) is 0 Å². The maximum Gasteiger partial charge on any atom is 0.0966 e. The van der Waals surface area contributed by atoms with Gasteiger partial charge in [0.2, 0.25) is 0 Å². The molecule has 0 fully saturated rings. The van der Waals surface area contributed by atoms with Gasteiger partial charge in [0.05, 0.1) is 11.8 Å². The molecular weight excluding hydrogens is 186 g/mol. The number of aliphatic hydroxyl groups is 1. The van der Waals surface area contributed by atoms with Crippen molar-refractivity contribution in [2.45, 2.75) is 25.9 Å². The topological polar surface area (TPSA) is 33.1 Å². The number of benzene rings is 1. The van der Waals surface area contributed by atoms with Crippen molar-refractivity contribution in [2.75, 3.05) is 0 Å². The predicted molar refractivity (Wildman–Crippen MR) is 61.6 cm³/mol. The minimum atomic E-state index is -0.443. The highest BCUT2D eigenvalue weighted by atomic mass is 16.3. The number of pyridine rings is 1. The van der Waals surface area contributed by atoms with Crippen LogP contribution in [0.3, 0.4) is 0 Å². The Morgan fingerprint density at radius 3 is 2.87 bits per heavy atom. The van der Waals surface area contributed by atoms with Gasteiger partial charge >= 0.3 is 0 Å². The summed E-state index contributed by atoms with van der Waals surface area (Å²) in [6.07, 6.45) is 3.05. The van der Waals surface area contributed by atoms with Gasteiger partial charge in [-0.2, -0.15) is 0 Å². The highest BCUT2D eigenvalue weighted by Gasteiger charge is 2.10. The molecule has 0 spiro atoms. The molecule has 0 bridgehead atoms. The Balaban J connectivity index is 2.50. The molecule has 0 amide bonds. The second kappa shape index (κ2) is 4.41. The number of hydrogen-bond donors (Lipinski definition) is 1. The largest absolute Gasteiger partial charge is 0.387 e. The average molecular weight is 201 g/mol. The maximum absolute atomic E-state index is 9.96. The van der Waals surface area contributed by atoms with Gasteiger partial charge in [-0.05, 0) is 17.9 Å². The first-order valence-corrected chi connectivity index (χ1v) is 5.34. The number of aliphatic hydroxyl groups excluding tert-OH is 1. The van der Waals surface area contributed by atoms with E-state index in [1.165, 1.54) is 0 Å². The number of aromatic nitrogens is 1. The van der Waals surface area contributed by atoms with Crippen molar-refractivity contribution in [2.24, 2.45) is 0 Å². The fourth-order valence-corrected chi connectivity index (χ4v) is 1.82. The molecule has 2 aromatic rings. The summed E-state index contributed by atoms with van der Waals surface area (Å²) in [5, 5.41) is 12.1. The molecule has 1 unspecified atom stereocenters. The lowest BCUT2D eigenvalue weighted by atomic mass is 10.0. The van der Waals surface area contributed by atoms with Crippen molar-refractivity contribution < 1.29 is 5.11 Å².